The number of aromatic amines is 1. The van der Waals surface area contributed by atoms with Crippen LogP contribution in [0, 0.1) is 0 Å². The summed E-state index contributed by atoms with van der Waals surface area (Å²) in [6.45, 7) is 2.00. The molecule has 0 bridgehead atoms. The molecule has 0 aliphatic carbocycles. The van der Waals surface area contributed by atoms with Crippen molar-refractivity contribution in [1.82, 2.24) is 14.7 Å². The van der Waals surface area contributed by atoms with Gasteiger partial charge in [-0.2, -0.15) is 0 Å². The molecule has 1 rings (SSSR count). The Hall–Kier alpha value is -0.920. The molecule has 0 aromatic carbocycles. The molecule has 0 radical (unpaired) electrons. The molecule has 1 atom stereocenters. The highest BCUT2D eigenvalue weighted by molar-refractivity contribution is 7.89. The molecular weight excluding hydrogens is 216 g/mol. The predicted molar refractivity (Wildman–Crippen MR) is 57.6 cm³/mol. The van der Waals surface area contributed by atoms with Crippen LogP contribution in [0.4, 0.5) is 0 Å². The third kappa shape index (κ3) is 3.61. The lowest BCUT2D eigenvalue weighted by Gasteiger charge is -2.14. The van der Waals surface area contributed by atoms with E-state index in [-0.39, 0.29) is 18.3 Å². The molecule has 0 amide bonds. The number of nitrogens with one attached hydrogen (secondary N) is 2. The van der Waals surface area contributed by atoms with Crippen LogP contribution < -0.4 is 10.5 Å². The number of nitrogens with two attached hydrogens (primary N) is 1. The lowest BCUT2D eigenvalue weighted by atomic mass is 10.2. The van der Waals surface area contributed by atoms with E-state index in [0.29, 0.717) is 12.2 Å². The van der Waals surface area contributed by atoms with Crippen molar-refractivity contribution < 1.29 is 8.42 Å². The number of nitrogens with zero attached hydrogens (tertiary/aromatic N) is 1. The van der Waals surface area contributed by atoms with E-state index in [1.165, 1.54) is 0 Å². The zero-order valence-corrected chi connectivity index (χ0v) is 9.42. The van der Waals surface area contributed by atoms with E-state index in [1.54, 1.807) is 12.4 Å². The Bertz CT molecular complexity index is 373. The minimum atomic E-state index is -3.30. The molecular formula is C8H16N4O2S. The normalized spacial score (nSPS) is 14.0. The second kappa shape index (κ2) is 5.24. The van der Waals surface area contributed by atoms with E-state index in [4.69, 9.17) is 5.73 Å². The summed E-state index contributed by atoms with van der Waals surface area (Å²) in [6.07, 6.45) is 3.89. The van der Waals surface area contributed by atoms with Crippen LogP contribution in [-0.4, -0.2) is 30.7 Å². The molecule has 6 nitrogen and oxygen atoms in total. The Balaban J connectivity index is 2.70. The molecule has 1 aromatic heterocycles. The maximum Gasteiger partial charge on any atom is 0.213 e. The van der Waals surface area contributed by atoms with Gasteiger partial charge in [-0.25, -0.2) is 18.1 Å². The molecule has 0 aliphatic heterocycles. The van der Waals surface area contributed by atoms with Crippen LogP contribution in [0.3, 0.4) is 0 Å². The van der Waals surface area contributed by atoms with Crippen LogP contribution >= 0.6 is 0 Å². The van der Waals surface area contributed by atoms with Gasteiger partial charge in [0.05, 0.1) is 11.8 Å². The molecule has 0 saturated heterocycles. The molecule has 0 saturated carbocycles. The van der Waals surface area contributed by atoms with Crippen LogP contribution in [0.1, 0.15) is 25.2 Å². The topological polar surface area (TPSA) is 101 Å². The van der Waals surface area contributed by atoms with Gasteiger partial charge in [0.2, 0.25) is 10.0 Å². The highest BCUT2D eigenvalue weighted by Crippen LogP contribution is 2.12. The van der Waals surface area contributed by atoms with Crippen LogP contribution in [0.2, 0.25) is 0 Å². The predicted octanol–water partition coefficient (Wildman–Crippen LogP) is -0.261. The molecule has 0 spiro atoms. The lowest BCUT2D eigenvalue weighted by Crippen LogP contribution is -2.33. The van der Waals surface area contributed by atoms with Crippen molar-refractivity contribution in [3.05, 3.63) is 18.2 Å². The summed E-state index contributed by atoms with van der Waals surface area (Å²) < 4.78 is 25.5. The van der Waals surface area contributed by atoms with Crippen molar-refractivity contribution in [2.24, 2.45) is 5.73 Å². The van der Waals surface area contributed by atoms with Gasteiger partial charge in [-0.15, -0.1) is 0 Å². The zero-order chi connectivity index (χ0) is 11.3. The molecule has 86 valence electrons. The molecule has 0 aliphatic rings. The van der Waals surface area contributed by atoms with E-state index in [0.717, 1.165) is 0 Å². The van der Waals surface area contributed by atoms with Gasteiger partial charge in [-0.3, -0.25) is 0 Å². The Morgan fingerprint density at radius 1 is 1.67 bits per heavy atom. The SMILES string of the molecule is CCC(NS(=O)(=O)CCN)c1ncc[nH]1. The van der Waals surface area contributed by atoms with E-state index in [2.05, 4.69) is 14.7 Å². The first kappa shape index (κ1) is 12.2. The Morgan fingerprint density at radius 2 is 2.40 bits per heavy atom. The van der Waals surface area contributed by atoms with Crippen LogP contribution in [0.5, 0.6) is 0 Å². The van der Waals surface area contributed by atoms with Crippen molar-refractivity contribution in [3.8, 4) is 0 Å². The van der Waals surface area contributed by atoms with Gasteiger partial charge in [0, 0.05) is 18.9 Å². The second-order valence-electron chi connectivity index (χ2n) is 3.16. The van der Waals surface area contributed by atoms with Gasteiger partial charge >= 0.3 is 0 Å². The van der Waals surface area contributed by atoms with E-state index in [9.17, 15) is 8.42 Å². The van der Waals surface area contributed by atoms with Crippen LogP contribution in [0.25, 0.3) is 0 Å². The standard InChI is InChI=1S/C8H16N4O2S/c1-2-7(8-10-4-5-11-8)12-15(13,14)6-3-9/h4-5,7,12H,2-3,6,9H2,1H3,(H,10,11). The minimum absolute atomic E-state index is 0.0653. The number of sulfonamides is 1. The van der Waals surface area contributed by atoms with E-state index in [1.807, 2.05) is 6.92 Å². The summed E-state index contributed by atoms with van der Waals surface area (Å²) >= 11 is 0. The first-order valence-electron chi connectivity index (χ1n) is 4.78. The van der Waals surface area contributed by atoms with Gasteiger partial charge in [0.15, 0.2) is 0 Å². The summed E-state index contributed by atoms with van der Waals surface area (Å²) in [7, 11) is -3.30. The molecule has 0 fully saturated rings. The van der Waals surface area contributed by atoms with Gasteiger partial charge < -0.3 is 10.7 Å². The van der Waals surface area contributed by atoms with Gasteiger partial charge in [-0.1, -0.05) is 6.92 Å². The fourth-order valence-corrected chi connectivity index (χ4v) is 2.37. The van der Waals surface area contributed by atoms with E-state index < -0.39 is 10.0 Å². The first-order valence-corrected chi connectivity index (χ1v) is 6.43. The Morgan fingerprint density at radius 3 is 2.87 bits per heavy atom. The van der Waals surface area contributed by atoms with Crippen molar-refractivity contribution in [2.75, 3.05) is 12.3 Å². The van der Waals surface area contributed by atoms with Gasteiger partial charge in [0.1, 0.15) is 5.82 Å². The number of rotatable bonds is 6. The fraction of sp³-hybridized carbons (Fsp3) is 0.625. The molecule has 1 aromatic rings. The van der Waals surface area contributed by atoms with Gasteiger partial charge in [-0.05, 0) is 6.42 Å². The lowest BCUT2D eigenvalue weighted by molar-refractivity contribution is 0.539. The third-order valence-electron chi connectivity index (χ3n) is 1.97. The quantitative estimate of drug-likeness (QED) is 0.629. The summed E-state index contributed by atoms with van der Waals surface area (Å²) in [5.74, 6) is 0.558. The number of H-pyrrole nitrogens is 1. The van der Waals surface area contributed by atoms with Crippen LogP contribution in [-0.2, 0) is 10.0 Å². The van der Waals surface area contributed by atoms with Crippen LogP contribution in [0.15, 0.2) is 12.4 Å². The average Bonchev–Trinajstić information content (AvgIpc) is 2.67. The molecule has 1 heterocycles. The van der Waals surface area contributed by atoms with E-state index >= 15 is 0 Å². The Kier molecular flexibility index (Phi) is 4.25. The largest absolute Gasteiger partial charge is 0.347 e. The maximum absolute atomic E-state index is 11.5. The monoisotopic (exact) mass is 232 g/mol. The highest BCUT2D eigenvalue weighted by Gasteiger charge is 2.18. The summed E-state index contributed by atoms with van der Waals surface area (Å²) in [5, 5.41) is 0. The minimum Gasteiger partial charge on any atom is -0.347 e. The number of hydrogen-bond donors (Lipinski definition) is 3. The zero-order valence-electron chi connectivity index (χ0n) is 8.60. The number of aromatic nitrogens is 2. The molecule has 4 N–H and O–H groups in total. The van der Waals surface area contributed by atoms with Crippen molar-refractivity contribution in [2.45, 2.75) is 19.4 Å². The fourth-order valence-electron chi connectivity index (χ4n) is 1.23. The summed E-state index contributed by atoms with van der Waals surface area (Å²) in [4.78, 5) is 6.90. The number of hydrogen-bond acceptors (Lipinski definition) is 4. The summed E-state index contributed by atoms with van der Waals surface area (Å²) in [5.41, 5.74) is 5.21. The van der Waals surface area contributed by atoms with Crippen molar-refractivity contribution in [3.63, 3.8) is 0 Å². The number of imidazole rings is 1. The summed E-state index contributed by atoms with van der Waals surface area (Å²) in [6, 6.07) is -0.309. The Labute approximate surface area is 89.3 Å². The maximum atomic E-state index is 11.5. The van der Waals surface area contributed by atoms with Crippen molar-refractivity contribution in [1.29, 1.82) is 0 Å². The highest BCUT2D eigenvalue weighted by atomic mass is 32.2. The van der Waals surface area contributed by atoms with Gasteiger partial charge in [0.25, 0.3) is 0 Å². The first-order chi connectivity index (χ1) is 7.09. The second-order valence-corrected chi connectivity index (χ2v) is 5.03. The van der Waals surface area contributed by atoms with Crippen molar-refractivity contribution >= 4 is 10.0 Å². The average molecular weight is 232 g/mol. The molecule has 7 heteroatoms. The smallest absolute Gasteiger partial charge is 0.213 e. The molecule has 15 heavy (non-hydrogen) atoms. The third-order valence-corrected chi connectivity index (χ3v) is 3.38. The molecule has 1 unspecified atom stereocenters.